The van der Waals surface area contributed by atoms with Crippen molar-refractivity contribution in [2.24, 2.45) is 0 Å². The number of hydrogen-bond donors (Lipinski definition) is 1. The summed E-state index contributed by atoms with van der Waals surface area (Å²) in [4.78, 5) is 10.6. The molecule has 0 aliphatic carbocycles. The molecule has 0 amide bonds. The van der Waals surface area contributed by atoms with Crippen molar-refractivity contribution in [2.45, 2.75) is 0 Å². The van der Waals surface area contributed by atoms with E-state index in [0.29, 0.717) is 5.76 Å². The van der Waals surface area contributed by atoms with Crippen molar-refractivity contribution in [2.75, 3.05) is 7.11 Å². The lowest BCUT2D eigenvalue weighted by Crippen LogP contribution is -1.91. The van der Waals surface area contributed by atoms with Gasteiger partial charge in [-0.1, -0.05) is 18.2 Å². The van der Waals surface area contributed by atoms with E-state index in [1.165, 1.54) is 6.07 Å². The first-order valence-corrected chi connectivity index (χ1v) is 5.34. The number of carboxylic acid groups (broad SMARTS) is 1. The van der Waals surface area contributed by atoms with Gasteiger partial charge in [0.05, 0.1) is 7.11 Å². The van der Waals surface area contributed by atoms with Crippen LogP contribution in [0.4, 0.5) is 0 Å². The molecular formula is C14H12O4. The standard InChI is InChI=1S/C14H12O4/c1-17-12-4-2-3-10(9-12)5-6-11-7-8-13(18-11)14(15)16/h2-9H,1H3,(H,15,16). The van der Waals surface area contributed by atoms with Crippen LogP contribution in [-0.2, 0) is 0 Å². The van der Waals surface area contributed by atoms with Crippen molar-refractivity contribution >= 4 is 18.1 Å². The Labute approximate surface area is 104 Å². The van der Waals surface area contributed by atoms with Gasteiger partial charge in [0.15, 0.2) is 0 Å². The van der Waals surface area contributed by atoms with E-state index < -0.39 is 5.97 Å². The van der Waals surface area contributed by atoms with Crippen LogP contribution in [0.5, 0.6) is 5.75 Å². The van der Waals surface area contributed by atoms with E-state index in [1.807, 2.05) is 30.3 Å². The van der Waals surface area contributed by atoms with Crippen LogP contribution in [0.15, 0.2) is 40.8 Å². The number of carboxylic acids is 1. The van der Waals surface area contributed by atoms with Crippen molar-refractivity contribution in [1.82, 2.24) is 0 Å². The average molecular weight is 244 g/mol. The van der Waals surface area contributed by atoms with Gasteiger partial charge in [-0.25, -0.2) is 4.79 Å². The Balaban J connectivity index is 2.16. The first kappa shape index (κ1) is 12.0. The number of furan rings is 1. The summed E-state index contributed by atoms with van der Waals surface area (Å²) in [5.74, 6) is 0.120. The smallest absolute Gasteiger partial charge is 0.371 e. The molecule has 0 unspecified atom stereocenters. The van der Waals surface area contributed by atoms with Gasteiger partial charge in [-0.05, 0) is 35.9 Å². The molecule has 18 heavy (non-hydrogen) atoms. The maximum Gasteiger partial charge on any atom is 0.371 e. The summed E-state index contributed by atoms with van der Waals surface area (Å²) < 4.78 is 10.2. The van der Waals surface area contributed by atoms with Gasteiger partial charge in [0, 0.05) is 0 Å². The van der Waals surface area contributed by atoms with Crippen LogP contribution in [0.2, 0.25) is 0 Å². The molecule has 4 nitrogen and oxygen atoms in total. The lowest BCUT2D eigenvalue weighted by atomic mass is 10.2. The monoisotopic (exact) mass is 244 g/mol. The molecule has 0 saturated carbocycles. The number of ether oxygens (including phenoxy) is 1. The van der Waals surface area contributed by atoms with Crippen LogP contribution in [0.3, 0.4) is 0 Å². The fourth-order valence-electron chi connectivity index (χ4n) is 1.48. The lowest BCUT2D eigenvalue weighted by molar-refractivity contribution is 0.0662. The largest absolute Gasteiger partial charge is 0.497 e. The lowest BCUT2D eigenvalue weighted by Gasteiger charge is -1.99. The molecule has 0 fully saturated rings. The maximum atomic E-state index is 10.6. The predicted octanol–water partition coefficient (Wildman–Crippen LogP) is 3.16. The third-order valence-electron chi connectivity index (χ3n) is 2.37. The predicted molar refractivity (Wildman–Crippen MR) is 67.6 cm³/mol. The minimum Gasteiger partial charge on any atom is -0.497 e. The molecule has 0 spiro atoms. The Morgan fingerprint density at radius 3 is 2.78 bits per heavy atom. The minimum atomic E-state index is -1.07. The Hall–Kier alpha value is -2.49. The highest BCUT2D eigenvalue weighted by Gasteiger charge is 2.06. The summed E-state index contributed by atoms with van der Waals surface area (Å²) in [5.41, 5.74) is 0.947. The van der Waals surface area contributed by atoms with Crippen molar-refractivity contribution in [3.63, 3.8) is 0 Å². The SMILES string of the molecule is COc1cccc(C=Cc2ccc(C(=O)O)o2)c1. The summed E-state index contributed by atoms with van der Waals surface area (Å²) in [6, 6.07) is 10.6. The minimum absolute atomic E-state index is 0.0692. The molecule has 1 aromatic heterocycles. The van der Waals surface area contributed by atoms with Gasteiger partial charge >= 0.3 is 5.97 Å². The molecule has 92 valence electrons. The molecular weight excluding hydrogens is 232 g/mol. The van der Waals surface area contributed by atoms with Gasteiger partial charge in [0.25, 0.3) is 0 Å². The molecule has 0 bridgehead atoms. The topological polar surface area (TPSA) is 59.7 Å². The summed E-state index contributed by atoms with van der Waals surface area (Å²) >= 11 is 0. The van der Waals surface area contributed by atoms with E-state index in [1.54, 1.807) is 19.3 Å². The molecule has 2 rings (SSSR count). The zero-order valence-electron chi connectivity index (χ0n) is 9.79. The third kappa shape index (κ3) is 2.79. The number of rotatable bonds is 4. The van der Waals surface area contributed by atoms with Crippen LogP contribution in [0.1, 0.15) is 21.9 Å². The number of methoxy groups -OCH3 is 1. The van der Waals surface area contributed by atoms with Gasteiger partial charge in [-0.3, -0.25) is 0 Å². The van der Waals surface area contributed by atoms with Crippen LogP contribution >= 0.6 is 0 Å². The molecule has 2 aromatic rings. The van der Waals surface area contributed by atoms with Crippen molar-refractivity contribution < 1.29 is 19.1 Å². The first-order valence-electron chi connectivity index (χ1n) is 5.34. The molecule has 0 aliphatic rings. The molecule has 0 atom stereocenters. The van der Waals surface area contributed by atoms with Gasteiger partial charge in [-0.2, -0.15) is 0 Å². The quantitative estimate of drug-likeness (QED) is 0.897. The van der Waals surface area contributed by atoms with Crippen LogP contribution in [-0.4, -0.2) is 18.2 Å². The fraction of sp³-hybridized carbons (Fsp3) is 0.0714. The van der Waals surface area contributed by atoms with Gasteiger partial charge in [0.1, 0.15) is 11.5 Å². The second-order valence-electron chi connectivity index (χ2n) is 3.62. The Morgan fingerprint density at radius 2 is 2.11 bits per heavy atom. The summed E-state index contributed by atoms with van der Waals surface area (Å²) in [5, 5.41) is 8.72. The second kappa shape index (κ2) is 5.23. The molecule has 4 heteroatoms. The van der Waals surface area contributed by atoms with E-state index in [2.05, 4.69) is 0 Å². The molecule has 0 saturated heterocycles. The van der Waals surface area contributed by atoms with Gasteiger partial charge in [-0.15, -0.1) is 0 Å². The van der Waals surface area contributed by atoms with E-state index >= 15 is 0 Å². The first-order chi connectivity index (χ1) is 8.69. The Morgan fingerprint density at radius 1 is 1.28 bits per heavy atom. The van der Waals surface area contributed by atoms with Crippen LogP contribution in [0.25, 0.3) is 12.2 Å². The van der Waals surface area contributed by atoms with Gasteiger partial charge < -0.3 is 14.3 Å². The number of aromatic carboxylic acids is 1. The van der Waals surface area contributed by atoms with Gasteiger partial charge in [0.2, 0.25) is 5.76 Å². The summed E-state index contributed by atoms with van der Waals surface area (Å²) in [6.07, 6.45) is 3.54. The molecule has 1 N–H and O–H groups in total. The second-order valence-corrected chi connectivity index (χ2v) is 3.62. The third-order valence-corrected chi connectivity index (χ3v) is 2.37. The fourth-order valence-corrected chi connectivity index (χ4v) is 1.48. The Bertz CT molecular complexity index is 581. The zero-order valence-corrected chi connectivity index (χ0v) is 9.79. The molecule has 1 aromatic carbocycles. The number of benzene rings is 1. The maximum absolute atomic E-state index is 10.6. The average Bonchev–Trinajstić information content (AvgIpc) is 2.85. The number of hydrogen-bond acceptors (Lipinski definition) is 3. The number of carbonyl (C=O) groups is 1. The normalized spacial score (nSPS) is 10.7. The van der Waals surface area contributed by atoms with Crippen LogP contribution < -0.4 is 4.74 Å². The van der Waals surface area contributed by atoms with Crippen molar-refractivity contribution in [1.29, 1.82) is 0 Å². The molecule has 0 aliphatic heterocycles. The van der Waals surface area contributed by atoms with Crippen molar-refractivity contribution in [3.05, 3.63) is 53.5 Å². The van der Waals surface area contributed by atoms with Crippen LogP contribution in [0, 0.1) is 0 Å². The highest BCUT2D eigenvalue weighted by Crippen LogP contribution is 2.16. The highest BCUT2D eigenvalue weighted by atomic mass is 16.5. The van der Waals surface area contributed by atoms with E-state index in [0.717, 1.165) is 11.3 Å². The Kier molecular flexibility index (Phi) is 3.48. The molecule has 1 heterocycles. The summed E-state index contributed by atoms with van der Waals surface area (Å²) in [7, 11) is 1.61. The molecule has 0 radical (unpaired) electrons. The van der Waals surface area contributed by atoms with E-state index in [-0.39, 0.29) is 5.76 Å². The summed E-state index contributed by atoms with van der Waals surface area (Å²) in [6.45, 7) is 0. The van der Waals surface area contributed by atoms with E-state index in [4.69, 9.17) is 14.3 Å². The van der Waals surface area contributed by atoms with Crippen molar-refractivity contribution in [3.8, 4) is 5.75 Å². The zero-order chi connectivity index (χ0) is 13.0. The highest BCUT2D eigenvalue weighted by molar-refractivity contribution is 5.84. The van der Waals surface area contributed by atoms with E-state index in [9.17, 15) is 4.79 Å².